The van der Waals surface area contributed by atoms with Gasteiger partial charge in [0.25, 0.3) is 5.91 Å². The summed E-state index contributed by atoms with van der Waals surface area (Å²) in [6.45, 7) is 3.09. The Morgan fingerprint density at radius 1 is 1.06 bits per heavy atom. The van der Waals surface area contributed by atoms with Crippen molar-refractivity contribution in [2.45, 2.75) is 45.4 Å². The van der Waals surface area contributed by atoms with Crippen molar-refractivity contribution in [3.8, 4) is 0 Å². The first-order chi connectivity index (χ1) is 16.0. The molecule has 3 aromatic rings. The zero-order chi connectivity index (χ0) is 23.2. The quantitative estimate of drug-likeness (QED) is 0.492. The molecule has 0 radical (unpaired) electrons. The number of halogens is 1. The molecule has 2 N–H and O–H groups in total. The van der Waals surface area contributed by atoms with Crippen molar-refractivity contribution < 1.29 is 18.4 Å². The Kier molecular flexibility index (Phi) is 7.19. The molecule has 2 amide bonds. The number of aryl methyl sites for hydroxylation is 1. The highest BCUT2D eigenvalue weighted by Gasteiger charge is 2.23. The van der Waals surface area contributed by atoms with Crippen LogP contribution in [0.15, 0.2) is 65.3 Å². The van der Waals surface area contributed by atoms with Gasteiger partial charge in [-0.25, -0.2) is 4.39 Å². The van der Waals surface area contributed by atoms with Gasteiger partial charge >= 0.3 is 0 Å². The normalized spacial score (nSPS) is 13.2. The van der Waals surface area contributed by atoms with Gasteiger partial charge < -0.3 is 15.1 Å². The number of amides is 2. The van der Waals surface area contributed by atoms with Crippen molar-refractivity contribution in [1.82, 2.24) is 15.5 Å². The number of rotatable bonds is 10. The fourth-order valence-corrected chi connectivity index (χ4v) is 3.51. The van der Waals surface area contributed by atoms with Crippen molar-refractivity contribution in [3.05, 3.63) is 94.7 Å². The summed E-state index contributed by atoms with van der Waals surface area (Å²) >= 11 is 0. The summed E-state index contributed by atoms with van der Waals surface area (Å²) in [6, 6.07) is 16.4. The van der Waals surface area contributed by atoms with Gasteiger partial charge in [0.15, 0.2) is 0 Å². The van der Waals surface area contributed by atoms with E-state index in [9.17, 15) is 14.0 Å². The maximum Gasteiger partial charge on any atom is 0.251 e. The van der Waals surface area contributed by atoms with Gasteiger partial charge in [-0.3, -0.25) is 14.5 Å². The maximum atomic E-state index is 13.8. The standard InChI is InChI=1S/C26H28FN3O3/c1-18-4-5-20(13-24(18)27)14-28-25(31)17-30(16-23-3-2-12-33-23)15-19-6-8-21(9-7-19)26(32)29-22-10-11-22/h2-9,12-13,22H,10-11,14-17H2,1H3,(H,28,31)(H,29,32). The molecule has 0 unspecified atom stereocenters. The summed E-state index contributed by atoms with van der Waals surface area (Å²) in [4.78, 5) is 26.8. The lowest BCUT2D eigenvalue weighted by Crippen LogP contribution is -2.36. The number of nitrogens with one attached hydrogen (secondary N) is 2. The monoisotopic (exact) mass is 449 g/mol. The van der Waals surface area contributed by atoms with Crippen LogP contribution in [0.2, 0.25) is 0 Å². The van der Waals surface area contributed by atoms with E-state index < -0.39 is 0 Å². The minimum Gasteiger partial charge on any atom is -0.468 e. The van der Waals surface area contributed by atoms with Crippen LogP contribution >= 0.6 is 0 Å². The molecule has 33 heavy (non-hydrogen) atoms. The van der Waals surface area contributed by atoms with Gasteiger partial charge in [0.2, 0.25) is 5.91 Å². The molecule has 1 aliphatic rings. The lowest BCUT2D eigenvalue weighted by Gasteiger charge is -2.21. The second kappa shape index (κ2) is 10.4. The van der Waals surface area contributed by atoms with Gasteiger partial charge in [-0.2, -0.15) is 0 Å². The highest BCUT2D eigenvalue weighted by Crippen LogP contribution is 2.19. The molecule has 7 heteroatoms. The first-order valence-electron chi connectivity index (χ1n) is 11.1. The van der Waals surface area contributed by atoms with Crippen molar-refractivity contribution >= 4 is 11.8 Å². The highest BCUT2D eigenvalue weighted by atomic mass is 19.1. The molecule has 0 bridgehead atoms. The first-order valence-corrected chi connectivity index (χ1v) is 11.1. The van der Waals surface area contributed by atoms with Crippen molar-refractivity contribution in [3.63, 3.8) is 0 Å². The van der Waals surface area contributed by atoms with Gasteiger partial charge in [0, 0.05) is 24.7 Å². The zero-order valence-corrected chi connectivity index (χ0v) is 18.6. The fraction of sp³-hybridized carbons (Fsp3) is 0.308. The maximum absolute atomic E-state index is 13.8. The molecule has 1 saturated carbocycles. The largest absolute Gasteiger partial charge is 0.468 e. The number of hydrogen-bond donors (Lipinski definition) is 2. The van der Waals surface area contributed by atoms with Gasteiger partial charge in [0.1, 0.15) is 11.6 Å². The molecule has 6 nitrogen and oxygen atoms in total. The molecule has 0 aliphatic heterocycles. The number of carbonyl (C=O) groups is 2. The summed E-state index contributed by atoms with van der Waals surface area (Å²) in [7, 11) is 0. The Labute approximate surface area is 192 Å². The van der Waals surface area contributed by atoms with Gasteiger partial charge in [-0.15, -0.1) is 0 Å². The average molecular weight is 450 g/mol. The molecular weight excluding hydrogens is 421 g/mol. The third-order valence-corrected chi connectivity index (χ3v) is 5.59. The second-order valence-corrected chi connectivity index (χ2v) is 8.53. The smallest absolute Gasteiger partial charge is 0.251 e. The summed E-state index contributed by atoms with van der Waals surface area (Å²) in [5.74, 6) is 0.255. The molecular formula is C26H28FN3O3. The molecule has 4 rings (SSSR count). The molecule has 2 aromatic carbocycles. The van der Waals surface area contributed by atoms with Crippen LogP contribution in [0.3, 0.4) is 0 Å². The van der Waals surface area contributed by atoms with Crippen LogP contribution in [0.25, 0.3) is 0 Å². The number of hydrogen-bond acceptors (Lipinski definition) is 4. The van der Waals surface area contributed by atoms with E-state index in [-0.39, 0.29) is 30.7 Å². The first kappa shape index (κ1) is 22.7. The van der Waals surface area contributed by atoms with E-state index in [1.54, 1.807) is 25.3 Å². The second-order valence-electron chi connectivity index (χ2n) is 8.53. The minimum absolute atomic E-state index is 0.0524. The number of benzene rings is 2. The van der Waals surface area contributed by atoms with Crippen LogP contribution in [-0.4, -0.2) is 29.3 Å². The Hall–Kier alpha value is -3.45. The van der Waals surface area contributed by atoms with E-state index in [0.29, 0.717) is 35.8 Å². The summed E-state index contributed by atoms with van der Waals surface area (Å²) < 4.78 is 19.2. The van der Waals surface area contributed by atoms with Crippen LogP contribution in [0.5, 0.6) is 0 Å². The zero-order valence-electron chi connectivity index (χ0n) is 18.6. The molecule has 1 aliphatic carbocycles. The molecule has 172 valence electrons. The lowest BCUT2D eigenvalue weighted by atomic mass is 10.1. The van der Waals surface area contributed by atoms with Crippen molar-refractivity contribution in [2.75, 3.05) is 6.54 Å². The summed E-state index contributed by atoms with van der Waals surface area (Å²) in [5, 5.41) is 5.84. The Balaban J connectivity index is 1.36. The van der Waals surface area contributed by atoms with Gasteiger partial charge in [-0.05, 0) is 66.8 Å². The van der Waals surface area contributed by atoms with E-state index in [0.717, 1.165) is 24.2 Å². The number of nitrogens with zero attached hydrogens (tertiary/aromatic N) is 1. The fourth-order valence-electron chi connectivity index (χ4n) is 3.51. The lowest BCUT2D eigenvalue weighted by molar-refractivity contribution is -0.122. The van der Waals surface area contributed by atoms with Crippen molar-refractivity contribution in [2.24, 2.45) is 0 Å². The van der Waals surface area contributed by atoms with Crippen LogP contribution in [0.4, 0.5) is 4.39 Å². The van der Waals surface area contributed by atoms with E-state index in [4.69, 9.17) is 4.42 Å². The SMILES string of the molecule is Cc1ccc(CNC(=O)CN(Cc2ccc(C(=O)NC3CC3)cc2)Cc2ccco2)cc1F. The van der Waals surface area contributed by atoms with Crippen LogP contribution in [-0.2, 0) is 24.4 Å². The summed E-state index contributed by atoms with van der Waals surface area (Å²) in [6.07, 6.45) is 3.70. The number of carbonyl (C=O) groups excluding carboxylic acids is 2. The Morgan fingerprint density at radius 2 is 1.82 bits per heavy atom. The van der Waals surface area contributed by atoms with E-state index in [2.05, 4.69) is 10.6 Å². The Morgan fingerprint density at radius 3 is 2.48 bits per heavy atom. The predicted octanol–water partition coefficient (Wildman–Crippen LogP) is 3.94. The predicted molar refractivity (Wildman–Crippen MR) is 123 cm³/mol. The molecule has 0 atom stereocenters. The molecule has 1 heterocycles. The Bertz CT molecular complexity index is 1090. The molecule has 0 spiro atoms. The topological polar surface area (TPSA) is 74.6 Å². The average Bonchev–Trinajstić information content (AvgIpc) is 3.46. The van der Waals surface area contributed by atoms with E-state index in [1.807, 2.05) is 41.3 Å². The highest BCUT2D eigenvalue weighted by molar-refractivity contribution is 5.94. The van der Waals surface area contributed by atoms with Gasteiger partial charge in [-0.1, -0.05) is 24.3 Å². The molecule has 0 saturated heterocycles. The summed E-state index contributed by atoms with van der Waals surface area (Å²) in [5.41, 5.74) is 2.90. The van der Waals surface area contributed by atoms with Crippen molar-refractivity contribution in [1.29, 1.82) is 0 Å². The van der Waals surface area contributed by atoms with E-state index >= 15 is 0 Å². The van der Waals surface area contributed by atoms with Crippen LogP contribution < -0.4 is 10.6 Å². The minimum atomic E-state index is -0.282. The third-order valence-electron chi connectivity index (χ3n) is 5.59. The number of furan rings is 1. The molecule has 1 fully saturated rings. The molecule has 1 aromatic heterocycles. The van der Waals surface area contributed by atoms with Crippen LogP contribution in [0, 0.1) is 12.7 Å². The van der Waals surface area contributed by atoms with Crippen LogP contribution in [0.1, 0.15) is 45.7 Å². The third kappa shape index (κ3) is 6.76. The van der Waals surface area contributed by atoms with Gasteiger partial charge in [0.05, 0.1) is 19.4 Å². The van der Waals surface area contributed by atoms with E-state index in [1.165, 1.54) is 6.07 Å².